The maximum atomic E-state index is 6.34. The van der Waals surface area contributed by atoms with E-state index in [9.17, 15) is 0 Å². The van der Waals surface area contributed by atoms with E-state index in [0.717, 1.165) is 0 Å². The van der Waals surface area contributed by atoms with E-state index in [0.29, 0.717) is 5.75 Å². The van der Waals surface area contributed by atoms with Crippen LogP contribution in [-0.4, -0.2) is 0 Å². The summed E-state index contributed by atoms with van der Waals surface area (Å²) >= 11 is 0. The number of rotatable bonds is 1. The third-order valence-electron chi connectivity index (χ3n) is 0.894. The van der Waals surface area contributed by atoms with E-state index < -0.39 is 0 Å². The van der Waals surface area contributed by atoms with Crippen molar-refractivity contribution < 1.29 is 4.84 Å². The first-order valence-electron chi connectivity index (χ1n) is 2.52. The van der Waals surface area contributed by atoms with E-state index >= 15 is 0 Å². The molecule has 0 radical (unpaired) electrons. The van der Waals surface area contributed by atoms with Gasteiger partial charge in [-0.3, -0.25) is 0 Å². The van der Waals surface area contributed by atoms with Crippen molar-refractivity contribution in [3.63, 3.8) is 0 Å². The second-order valence-corrected chi connectivity index (χ2v) is 1.50. The second-order valence-electron chi connectivity index (χ2n) is 1.50. The summed E-state index contributed by atoms with van der Waals surface area (Å²) in [5, 5.41) is 2.76. The number of para-hydroxylation sites is 1. The van der Waals surface area contributed by atoms with Crippen LogP contribution in [-0.2, 0) is 0 Å². The maximum absolute atomic E-state index is 6.34. The third-order valence-corrected chi connectivity index (χ3v) is 0.894. The van der Waals surface area contributed by atoms with Gasteiger partial charge in [0.25, 0.3) is 0 Å². The SMILES string of the molecule is [C-]#[N+]Oc1ccccc1. The summed E-state index contributed by atoms with van der Waals surface area (Å²) in [5.74, 6) is 0.590. The Bertz CT molecular complexity index is 212. The molecule has 0 saturated carbocycles. The highest BCUT2D eigenvalue weighted by atomic mass is 16.6. The largest absolute Gasteiger partial charge is 0.219 e. The fourth-order valence-corrected chi connectivity index (χ4v) is 0.534. The first kappa shape index (κ1) is 5.64. The predicted molar refractivity (Wildman–Crippen MR) is 33.7 cm³/mol. The highest BCUT2D eigenvalue weighted by molar-refractivity contribution is 5.21. The van der Waals surface area contributed by atoms with Gasteiger partial charge in [-0.05, 0) is 17.1 Å². The summed E-state index contributed by atoms with van der Waals surface area (Å²) in [4.78, 5) is 4.50. The van der Waals surface area contributed by atoms with E-state index in [1.54, 1.807) is 12.1 Å². The molecule has 0 amide bonds. The quantitative estimate of drug-likeness (QED) is 0.406. The summed E-state index contributed by atoms with van der Waals surface area (Å²) in [6.45, 7) is 6.34. The minimum absolute atomic E-state index is 0.590. The zero-order chi connectivity index (χ0) is 6.53. The summed E-state index contributed by atoms with van der Waals surface area (Å²) in [7, 11) is 0. The molecule has 2 nitrogen and oxygen atoms in total. The van der Waals surface area contributed by atoms with Crippen LogP contribution in [0, 0.1) is 6.57 Å². The Morgan fingerprint density at radius 3 is 2.44 bits per heavy atom. The van der Waals surface area contributed by atoms with Crippen molar-refractivity contribution in [1.29, 1.82) is 0 Å². The van der Waals surface area contributed by atoms with E-state index in [4.69, 9.17) is 6.57 Å². The molecule has 1 rings (SSSR count). The predicted octanol–water partition coefficient (Wildman–Crippen LogP) is 1.90. The normalized spacial score (nSPS) is 7.89. The van der Waals surface area contributed by atoms with Crippen LogP contribution in [0.15, 0.2) is 30.3 Å². The molecular weight excluding hydrogens is 114 g/mol. The van der Waals surface area contributed by atoms with Crippen molar-refractivity contribution in [1.82, 2.24) is 0 Å². The van der Waals surface area contributed by atoms with Crippen LogP contribution in [0.5, 0.6) is 5.75 Å². The van der Waals surface area contributed by atoms with Crippen molar-refractivity contribution in [2.45, 2.75) is 0 Å². The molecule has 0 saturated heterocycles. The Balaban J connectivity index is 2.76. The molecule has 0 aliphatic heterocycles. The Hall–Kier alpha value is -1.49. The average Bonchev–Trinajstić information content (AvgIpc) is 1.91. The highest BCUT2D eigenvalue weighted by Gasteiger charge is 1.89. The number of hydrogen-bond acceptors (Lipinski definition) is 1. The lowest BCUT2D eigenvalue weighted by atomic mass is 10.3. The van der Waals surface area contributed by atoms with Gasteiger partial charge in [-0.2, -0.15) is 11.4 Å². The standard InChI is InChI=1S/C7H5NO/c1-8-9-7-5-3-2-4-6-7/h2-6H. The lowest BCUT2D eigenvalue weighted by Crippen LogP contribution is -1.74. The second kappa shape index (κ2) is 2.73. The van der Waals surface area contributed by atoms with Crippen LogP contribution in [0.3, 0.4) is 0 Å². The molecule has 1 aromatic carbocycles. The van der Waals surface area contributed by atoms with Crippen molar-refractivity contribution in [2.24, 2.45) is 0 Å². The minimum Gasteiger partial charge on any atom is -0.158 e. The summed E-state index contributed by atoms with van der Waals surface area (Å²) in [6, 6.07) is 8.98. The van der Waals surface area contributed by atoms with Crippen LogP contribution in [0.25, 0.3) is 5.01 Å². The van der Waals surface area contributed by atoms with Gasteiger partial charge in [0.15, 0.2) is 0 Å². The Morgan fingerprint density at radius 2 is 1.89 bits per heavy atom. The van der Waals surface area contributed by atoms with E-state index in [-0.39, 0.29) is 0 Å². The smallest absolute Gasteiger partial charge is 0.158 e. The monoisotopic (exact) mass is 119 g/mol. The molecule has 0 atom stereocenters. The van der Waals surface area contributed by atoms with Gasteiger partial charge >= 0.3 is 0 Å². The molecule has 9 heavy (non-hydrogen) atoms. The van der Waals surface area contributed by atoms with Gasteiger partial charge < -0.3 is 0 Å². The number of hydrogen-bond donors (Lipinski definition) is 0. The summed E-state index contributed by atoms with van der Waals surface area (Å²) < 4.78 is 0. The van der Waals surface area contributed by atoms with Crippen molar-refractivity contribution in [3.8, 4) is 5.75 Å². The van der Waals surface area contributed by atoms with Gasteiger partial charge in [-0.25, -0.2) is 0 Å². The molecule has 0 heterocycles. The fraction of sp³-hybridized carbons (Fsp3) is 0. The molecule has 0 bridgehead atoms. The fourth-order valence-electron chi connectivity index (χ4n) is 0.534. The number of benzene rings is 1. The maximum Gasteiger partial charge on any atom is 0.219 e. The molecular formula is C7H5NO. The van der Waals surface area contributed by atoms with Gasteiger partial charge in [0.1, 0.15) is 0 Å². The van der Waals surface area contributed by atoms with Crippen LogP contribution < -0.4 is 4.84 Å². The molecule has 0 aliphatic carbocycles. The molecule has 44 valence electrons. The molecule has 2 heteroatoms. The first-order valence-corrected chi connectivity index (χ1v) is 2.52. The molecule has 0 aliphatic rings. The lowest BCUT2D eigenvalue weighted by Gasteiger charge is -1.84. The van der Waals surface area contributed by atoms with Crippen LogP contribution in [0.2, 0.25) is 0 Å². The Kier molecular flexibility index (Phi) is 1.71. The molecule has 0 spiro atoms. The topological polar surface area (TPSA) is 13.6 Å². The number of nitrogens with zero attached hydrogens (tertiary/aromatic N) is 1. The van der Waals surface area contributed by atoms with Gasteiger partial charge in [-0.15, -0.1) is 0 Å². The third kappa shape index (κ3) is 1.46. The molecule has 0 unspecified atom stereocenters. The van der Waals surface area contributed by atoms with Crippen molar-refractivity contribution in [3.05, 3.63) is 41.9 Å². The van der Waals surface area contributed by atoms with Gasteiger partial charge in [0.05, 0.1) is 0 Å². The first-order chi connectivity index (χ1) is 4.43. The Labute approximate surface area is 53.5 Å². The molecule has 0 N–H and O–H groups in total. The van der Waals surface area contributed by atoms with Gasteiger partial charge in [0.2, 0.25) is 5.75 Å². The van der Waals surface area contributed by atoms with E-state index in [2.05, 4.69) is 9.85 Å². The van der Waals surface area contributed by atoms with Crippen molar-refractivity contribution >= 4 is 0 Å². The van der Waals surface area contributed by atoms with Gasteiger partial charge in [-0.1, -0.05) is 18.2 Å². The van der Waals surface area contributed by atoms with Crippen LogP contribution >= 0.6 is 0 Å². The van der Waals surface area contributed by atoms with Gasteiger partial charge in [0, 0.05) is 0 Å². The van der Waals surface area contributed by atoms with E-state index in [1.165, 1.54) is 0 Å². The zero-order valence-electron chi connectivity index (χ0n) is 4.74. The summed E-state index contributed by atoms with van der Waals surface area (Å²) in [6.07, 6.45) is 0. The Morgan fingerprint density at radius 1 is 1.22 bits per heavy atom. The van der Waals surface area contributed by atoms with E-state index in [1.807, 2.05) is 18.2 Å². The average molecular weight is 119 g/mol. The molecule has 0 fully saturated rings. The van der Waals surface area contributed by atoms with Crippen molar-refractivity contribution in [2.75, 3.05) is 0 Å². The lowest BCUT2D eigenvalue weighted by molar-refractivity contribution is 0.472. The molecule has 0 aromatic heterocycles. The molecule has 1 aromatic rings. The highest BCUT2D eigenvalue weighted by Crippen LogP contribution is 2.07. The van der Waals surface area contributed by atoms with Crippen LogP contribution in [0.4, 0.5) is 0 Å². The zero-order valence-corrected chi connectivity index (χ0v) is 4.74. The summed E-state index contributed by atoms with van der Waals surface area (Å²) in [5.41, 5.74) is 0. The minimum atomic E-state index is 0.590. The van der Waals surface area contributed by atoms with Crippen LogP contribution in [0.1, 0.15) is 0 Å².